The number of fused-ring (bicyclic) bond motifs is 1. The maximum atomic E-state index is 4.28. The average molecular weight is 247 g/mol. The third-order valence-electron chi connectivity index (χ3n) is 2.85. The average Bonchev–Trinajstić information content (AvgIpc) is 2.81. The van der Waals surface area contributed by atoms with Gasteiger partial charge in [-0.1, -0.05) is 6.92 Å². The lowest BCUT2D eigenvalue weighted by Gasteiger charge is -2.04. The molecule has 2 aromatic rings. The molecule has 0 radical (unpaired) electrons. The van der Waals surface area contributed by atoms with Crippen molar-refractivity contribution in [1.29, 1.82) is 0 Å². The fourth-order valence-corrected chi connectivity index (χ4v) is 1.88. The van der Waals surface area contributed by atoms with E-state index in [0.29, 0.717) is 0 Å². The quantitative estimate of drug-likeness (QED) is 0.688. The summed E-state index contributed by atoms with van der Waals surface area (Å²) in [5.74, 6) is 0. The zero-order valence-electron chi connectivity index (χ0n) is 10.9. The van der Waals surface area contributed by atoms with Gasteiger partial charge in [-0.15, -0.1) is 0 Å². The molecule has 5 nitrogen and oxygen atoms in total. The van der Waals surface area contributed by atoms with Crippen LogP contribution in [0.3, 0.4) is 0 Å². The van der Waals surface area contributed by atoms with Crippen molar-refractivity contribution in [2.75, 3.05) is 19.6 Å². The van der Waals surface area contributed by atoms with E-state index in [0.717, 1.165) is 38.1 Å². The molecule has 0 amide bonds. The smallest absolute Gasteiger partial charge is 0.0889 e. The number of rotatable bonds is 8. The van der Waals surface area contributed by atoms with Crippen LogP contribution in [0.1, 0.15) is 25.3 Å². The van der Waals surface area contributed by atoms with Crippen LogP contribution in [0, 0.1) is 0 Å². The molecule has 0 aliphatic heterocycles. The van der Waals surface area contributed by atoms with E-state index >= 15 is 0 Å². The zero-order chi connectivity index (χ0) is 12.6. The van der Waals surface area contributed by atoms with Gasteiger partial charge >= 0.3 is 0 Å². The normalized spacial score (nSPS) is 11.2. The van der Waals surface area contributed by atoms with Crippen molar-refractivity contribution in [2.24, 2.45) is 0 Å². The van der Waals surface area contributed by atoms with E-state index in [1.165, 1.54) is 12.0 Å². The third kappa shape index (κ3) is 3.51. The largest absolute Gasteiger partial charge is 0.317 e. The summed E-state index contributed by atoms with van der Waals surface area (Å²) in [6, 6.07) is 0. The van der Waals surface area contributed by atoms with Gasteiger partial charge in [0.25, 0.3) is 0 Å². The van der Waals surface area contributed by atoms with Crippen LogP contribution < -0.4 is 10.6 Å². The van der Waals surface area contributed by atoms with Crippen LogP contribution in [0.15, 0.2) is 24.8 Å². The number of nitrogens with one attached hydrogen (secondary N) is 2. The molecular formula is C13H21N5. The van der Waals surface area contributed by atoms with Crippen LogP contribution >= 0.6 is 0 Å². The molecular weight excluding hydrogens is 226 g/mol. The van der Waals surface area contributed by atoms with Crippen molar-refractivity contribution < 1.29 is 0 Å². The van der Waals surface area contributed by atoms with Gasteiger partial charge in [0.2, 0.25) is 0 Å². The minimum absolute atomic E-state index is 0.850. The molecule has 0 saturated heterocycles. The Morgan fingerprint density at radius 2 is 2.06 bits per heavy atom. The van der Waals surface area contributed by atoms with E-state index in [9.17, 15) is 0 Å². The Morgan fingerprint density at radius 1 is 1.17 bits per heavy atom. The highest BCUT2D eigenvalue weighted by Gasteiger charge is 2.02. The lowest BCUT2D eigenvalue weighted by molar-refractivity contribution is 0.593. The summed E-state index contributed by atoms with van der Waals surface area (Å²) in [5, 5.41) is 11.1. The number of hydrogen-bond acceptors (Lipinski definition) is 4. The lowest BCUT2D eigenvalue weighted by atomic mass is 10.3. The lowest BCUT2D eigenvalue weighted by Crippen LogP contribution is -2.22. The van der Waals surface area contributed by atoms with Crippen LogP contribution in [-0.4, -0.2) is 34.2 Å². The van der Waals surface area contributed by atoms with Gasteiger partial charge in [-0.05, 0) is 32.5 Å². The molecule has 2 heterocycles. The van der Waals surface area contributed by atoms with E-state index in [4.69, 9.17) is 0 Å². The molecule has 18 heavy (non-hydrogen) atoms. The fraction of sp³-hybridized carbons (Fsp3) is 0.538. The van der Waals surface area contributed by atoms with Crippen molar-refractivity contribution in [3.05, 3.63) is 30.4 Å². The molecule has 0 bridgehead atoms. The van der Waals surface area contributed by atoms with Crippen molar-refractivity contribution in [1.82, 2.24) is 25.2 Å². The molecule has 0 unspecified atom stereocenters. The molecule has 0 saturated carbocycles. The van der Waals surface area contributed by atoms with Crippen LogP contribution in [-0.2, 0) is 6.54 Å². The van der Waals surface area contributed by atoms with Gasteiger partial charge in [0.05, 0.1) is 17.9 Å². The third-order valence-corrected chi connectivity index (χ3v) is 2.85. The second kappa shape index (κ2) is 7.08. The van der Waals surface area contributed by atoms with Crippen LogP contribution in [0.4, 0.5) is 0 Å². The molecule has 2 N–H and O–H groups in total. The van der Waals surface area contributed by atoms with Gasteiger partial charge in [0, 0.05) is 24.5 Å². The molecule has 0 spiro atoms. The molecule has 5 heteroatoms. The summed E-state index contributed by atoms with van der Waals surface area (Å²) in [6.45, 7) is 6.25. The van der Waals surface area contributed by atoms with Gasteiger partial charge in [0.1, 0.15) is 0 Å². The molecule has 0 aromatic carbocycles. The van der Waals surface area contributed by atoms with Crippen molar-refractivity contribution in [3.63, 3.8) is 0 Å². The maximum absolute atomic E-state index is 4.28. The summed E-state index contributed by atoms with van der Waals surface area (Å²) in [4.78, 5) is 4.13. The summed E-state index contributed by atoms with van der Waals surface area (Å²) < 4.78 is 1.85. The molecule has 0 aliphatic rings. The van der Waals surface area contributed by atoms with Crippen LogP contribution in [0.5, 0.6) is 0 Å². The fourth-order valence-electron chi connectivity index (χ4n) is 1.88. The van der Waals surface area contributed by atoms with E-state index in [1.807, 2.05) is 23.1 Å². The molecule has 98 valence electrons. The Morgan fingerprint density at radius 3 is 2.94 bits per heavy atom. The highest BCUT2D eigenvalue weighted by Crippen LogP contribution is 2.07. The molecule has 2 aromatic heterocycles. The van der Waals surface area contributed by atoms with Gasteiger partial charge in [0.15, 0.2) is 0 Å². The van der Waals surface area contributed by atoms with E-state index in [-0.39, 0.29) is 0 Å². The first-order valence-corrected chi connectivity index (χ1v) is 6.59. The highest BCUT2D eigenvalue weighted by molar-refractivity contribution is 5.51. The molecule has 0 atom stereocenters. The topological polar surface area (TPSA) is 54.2 Å². The summed E-state index contributed by atoms with van der Waals surface area (Å²) >= 11 is 0. The van der Waals surface area contributed by atoms with Crippen molar-refractivity contribution in [2.45, 2.75) is 26.3 Å². The summed E-state index contributed by atoms with van der Waals surface area (Å²) in [5.41, 5.74) is 2.28. The first-order valence-electron chi connectivity index (χ1n) is 6.59. The van der Waals surface area contributed by atoms with Crippen LogP contribution in [0.25, 0.3) is 5.52 Å². The summed E-state index contributed by atoms with van der Waals surface area (Å²) in [6.07, 6.45) is 9.72. The zero-order valence-corrected chi connectivity index (χ0v) is 10.9. The maximum Gasteiger partial charge on any atom is 0.0889 e. The SMILES string of the molecule is CCCNCCCNCc1cnn2ccncc12. The highest BCUT2D eigenvalue weighted by atomic mass is 15.2. The Balaban J connectivity index is 1.70. The Kier molecular flexibility index (Phi) is 5.11. The van der Waals surface area contributed by atoms with E-state index < -0.39 is 0 Å². The second-order valence-corrected chi connectivity index (χ2v) is 4.36. The first kappa shape index (κ1) is 13.0. The number of nitrogens with zero attached hydrogens (tertiary/aromatic N) is 3. The van der Waals surface area contributed by atoms with Crippen molar-refractivity contribution >= 4 is 5.52 Å². The minimum atomic E-state index is 0.850. The second-order valence-electron chi connectivity index (χ2n) is 4.36. The standard InChI is InChI=1S/C13H21N5/c1-2-4-14-5-3-6-15-9-12-10-17-18-8-7-16-11-13(12)18/h7-8,10-11,14-15H,2-6,9H2,1H3. The predicted molar refractivity (Wildman–Crippen MR) is 72.5 cm³/mol. The van der Waals surface area contributed by atoms with Gasteiger partial charge < -0.3 is 10.6 Å². The number of hydrogen-bond donors (Lipinski definition) is 2. The minimum Gasteiger partial charge on any atom is -0.317 e. The van der Waals surface area contributed by atoms with E-state index in [2.05, 4.69) is 27.6 Å². The molecule has 2 rings (SSSR count). The van der Waals surface area contributed by atoms with Gasteiger partial charge in [-0.25, -0.2) is 4.52 Å². The Labute approximate surface area is 108 Å². The Bertz CT molecular complexity index is 465. The Hall–Kier alpha value is -1.46. The van der Waals surface area contributed by atoms with Gasteiger partial charge in [-0.3, -0.25) is 4.98 Å². The number of aromatic nitrogens is 3. The molecule has 0 aliphatic carbocycles. The van der Waals surface area contributed by atoms with Gasteiger partial charge in [-0.2, -0.15) is 5.10 Å². The first-order chi connectivity index (χ1) is 8.92. The van der Waals surface area contributed by atoms with Crippen LogP contribution in [0.2, 0.25) is 0 Å². The molecule has 0 fully saturated rings. The summed E-state index contributed by atoms with van der Waals surface area (Å²) in [7, 11) is 0. The van der Waals surface area contributed by atoms with Crippen molar-refractivity contribution in [3.8, 4) is 0 Å². The predicted octanol–water partition coefficient (Wildman–Crippen LogP) is 1.21. The van der Waals surface area contributed by atoms with E-state index in [1.54, 1.807) is 6.20 Å². The monoisotopic (exact) mass is 247 g/mol.